The molecule has 0 radical (unpaired) electrons. The van der Waals surface area contributed by atoms with Crippen molar-refractivity contribution in [2.24, 2.45) is 0 Å². The van der Waals surface area contributed by atoms with Crippen molar-refractivity contribution in [2.45, 2.75) is 32.2 Å². The third kappa shape index (κ3) is 3.75. The summed E-state index contributed by atoms with van der Waals surface area (Å²) in [6, 6.07) is 6.59. The molecule has 0 atom stereocenters. The van der Waals surface area contributed by atoms with Gasteiger partial charge < -0.3 is 14.6 Å². The van der Waals surface area contributed by atoms with Gasteiger partial charge in [0.1, 0.15) is 21.8 Å². The molecule has 9 nitrogen and oxygen atoms in total. The number of anilines is 1. The zero-order valence-corrected chi connectivity index (χ0v) is 19.9. The van der Waals surface area contributed by atoms with Crippen molar-refractivity contribution in [1.29, 1.82) is 5.41 Å². The summed E-state index contributed by atoms with van der Waals surface area (Å²) >= 11 is 1.36. The highest BCUT2D eigenvalue weighted by atomic mass is 32.1. The van der Waals surface area contributed by atoms with Gasteiger partial charge in [0.05, 0.1) is 23.6 Å². The van der Waals surface area contributed by atoms with E-state index in [0.29, 0.717) is 21.9 Å². The molecule has 0 unspecified atom stereocenters. The van der Waals surface area contributed by atoms with Gasteiger partial charge in [0.15, 0.2) is 0 Å². The van der Waals surface area contributed by atoms with E-state index in [0.717, 1.165) is 36.1 Å². The van der Waals surface area contributed by atoms with Gasteiger partial charge in [-0.2, -0.15) is 0 Å². The number of hydrogen-bond acceptors (Lipinski definition) is 7. The molecule has 1 amide bonds. The first-order chi connectivity index (χ1) is 16.9. The number of methoxy groups -OCH3 is 1. The Labute approximate surface area is 203 Å². The summed E-state index contributed by atoms with van der Waals surface area (Å²) < 4.78 is 7.87. The number of nitrogens with zero attached hydrogens (tertiary/aromatic N) is 3. The maximum Gasteiger partial charge on any atom is 0.341 e. The zero-order chi connectivity index (χ0) is 24.7. The fourth-order valence-electron chi connectivity index (χ4n) is 4.51. The van der Waals surface area contributed by atoms with Crippen LogP contribution in [-0.2, 0) is 24.1 Å². The lowest BCUT2D eigenvalue weighted by molar-refractivity contribution is 0.0601. The van der Waals surface area contributed by atoms with E-state index in [1.165, 1.54) is 33.5 Å². The number of esters is 1. The number of aryl methyl sites for hydroxylation is 1. The average molecular weight is 490 g/mol. The fourth-order valence-corrected chi connectivity index (χ4v) is 5.78. The maximum atomic E-state index is 13.4. The second kappa shape index (κ2) is 8.95. The minimum absolute atomic E-state index is 0.00341. The first kappa shape index (κ1) is 22.7. The summed E-state index contributed by atoms with van der Waals surface area (Å²) in [6.07, 6.45) is 6.77. The number of hydrogen-bond donors (Lipinski definition) is 2. The van der Waals surface area contributed by atoms with Crippen LogP contribution in [0.25, 0.3) is 16.7 Å². The van der Waals surface area contributed by atoms with Crippen LogP contribution in [-0.4, -0.2) is 32.9 Å². The lowest BCUT2D eigenvalue weighted by Gasteiger charge is -2.14. The molecule has 0 aromatic carbocycles. The molecule has 4 heterocycles. The monoisotopic (exact) mass is 489 g/mol. The van der Waals surface area contributed by atoms with E-state index >= 15 is 0 Å². The summed E-state index contributed by atoms with van der Waals surface area (Å²) in [7, 11) is 1.31. The number of carbonyl (C=O) groups excluding carboxylic acids is 2. The molecule has 1 aliphatic carbocycles. The molecular formula is C25H23N5O4S. The van der Waals surface area contributed by atoms with Crippen LogP contribution < -0.4 is 16.4 Å². The highest BCUT2D eigenvalue weighted by molar-refractivity contribution is 7.17. The molecule has 178 valence electrons. The van der Waals surface area contributed by atoms with Crippen molar-refractivity contribution in [3.8, 4) is 0 Å². The van der Waals surface area contributed by atoms with Crippen molar-refractivity contribution in [2.75, 3.05) is 12.4 Å². The lowest BCUT2D eigenvalue weighted by Crippen LogP contribution is -2.32. The molecular weight excluding hydrogens is 466 g/mol. The summed E-state index contributed by atoms with van der Waals surface area (Å²) in [5, 5.41) is 12.2. The first-order valence-corrected chi connectivity index (χ1v) is 12.0. The van der Waals surface area contributed by atoms with Crippen LogP contribution in [0.2, 0.25) is 0 Å². The predicted molar refractivity (Wildman–Crippen MR) is 133 cm³/mol. The molecule has 0 spiro atoms. The van der Waals surface area contributed by atoms with E-state index in [-0.39, 0.29) is 28.5 Å². The minimum atomic E-state index is -0.587. The largest absolute Gasteiger partial charge is 0.465 e. The van der Waals surface area contributed by atoms with Crippen LogP contribution in [0.3, 0.4) is 0 Å². The van der Waals surface area contributed by atoms with Crippen LogP contribution >= 0.6 is 11.3 Å². The molecule has 0 bridgehead atoms. The van der Waals surface area contributed by atoms with Crippen LogP contribution in [0.15, 0.2) is 47.9 Å². The Hall–Kier alpha value is -4.05. The first-order valence-electron chi connectivity index (χ1n) is 11.2. The Morgan fingerprint density at radius 3 is 2.89 bits per heavy atom. The molecule has 1 aliphatic rings. The number of aromatic nitrogens is 3. The van der Waals surface area contributed by atoms with Gasteiger partial charge >= 0.3 is 5.97 Å². The Bertz CT molecular complexity index is 1650. The summed E-state index contributed by atoms with van der Waals surface area (Å²) in [6.45, 7) is 3.93. The maximum absolute atomic E-state index is 13.4. The number of thiophene rings is 1. The molecule has 0 saturated heterocycles. The molecule has 35 heavy (non-hydrogen) atoms. The summed E-state index contributed by atoms with van der Waals surface area (Å²) in [5.41, 5.74) is 1.57. The molecule has 2 N–H and O–H groups in total. The van der Waals surface area contributed by atoms with E-state index in [2.05, 4.69) is 16.9 Å². The molecule has 0 fully saturated rings. The Kier molecular flexibility index (Phi) is 5.81. The molecule has 0 aliphatic heterocycles. The van der Waals surface area contributed by atoms with E-state index in [4.69, 9.17) is 10.1 Å². The van der Waals surface area contributed by atoms with Crippen molar-refractivity contribution in [3.05, 3.63) is 80.5 Å². The number of allylic oxidation sites excluding steroid dienone is 1. The molecule has 5 rings (SSSR count). The number of pyridine rings is 2. The number of amides is 1. The second-order valence-corrected chi connectivity index (χ2v) is 9.35. The van der Waals surface area contributed by atoms with Crippen molar-refractivity contribution in [3.63, 3.8) is 0 Å². The standard InChI is InChI=1S/C25H23N5O4S/c1-3-11-30-20(26)15(13-16-21(30)27-18-10-6-7-12-29(18)24(16)32)22(31)28-23-19(25(33)34-2)14-8-4-5-9-17(14)35-23/h3,6-7,10,12-13,26H,1,4-5,8-9,11H2,2H3,(H,28,31). The van der Waals surface area contributed by atoms with E-state index < -0.39 is 11.9 Å². The van der Waals surface area contributed by atoms with E-state index in [1.54, 1.807) is 30.5 Å². The minimum Gasteiger partial charge on any atom is -0.465 e. The molecule has 10 heteroatoms. The fraction of sp³-hybridized carbons (Fsp3) is 0.240. The third-order valence-electron chi connectivity index (χ3n) is 6.16. The van der Waals surface area contributed by atoms with Gasteiger partial charge in [0.25, 0.3) is 11.5 Å². The molecule has 4 aromatic rings. The highest BCUT2D eigenvalue weighted by Crippen LogP contribution is 2.38. The van der Waals surface area contributed by atoms with Gasteiger partial charge in [0.2, 0.25) is 0 Å². The summed E-state index contributed by atoms with van der Waals surface area (Å²) in [4.78, 5) is 44.9. The van der Waals surface area contributed by atoms with E-state index in [1.807, 2.05) is 0 Å². The van der Waals surface area contributed by atoms with Crippen molar-refractivity contribution >= 4 is 44.9 Å². The van der Waals surface area contributed by atoms with Gasteiger partial charge in [-0.15, -0.1) is 17.9 Å². The smallest absolute Gasteiger partial charge is 0.341 e. The number of ether oxygens (including phenoxy) is 1. The highest BCUT2D eigenvalue weighted by Gasteiger charge is 2.28. The third-order valence-corrected chi connectivity index (χ3v) is 7.37. The van der Waals surface area contributed by atoms with Gasteiger partial charge in [-0.25, -0.2) is 9.78 Å². The van der Waals surface area contributed by atoms with Gasteiger partial charge in [-0.1, -0.05) is 12.1 Å². The Balaban J connectivity index is 1.67. The van der Waals surface area contributed by atoms with Crippen LogP contribution in [0, 0.1) is 5.41 Å². The lowest BCUT2D eigenvalue weighted by atomic mass is 9.95. The van der Waals surface area contributed by atoms with Crippen molar-refractivity contribution < 1.29 is 14.3 Å². The van der Waals surface area contributed by atoms with Crippen LogP contribution in [0.1, 0.15) is 44.0 Å². The van der Waals surface area contributed by atoms with Crippen molar-refractivity contribution in [1.82, 2.24) is 14.0 Å². The van der Waals surface area contributed by atoms with E-state index in [9.17, 15) is 14.4 Å². The SMILES string of the molecule is C=CCn1c(=N)c(C(=O)Nc2sc3c(c2C(=O)OC)CCCC3)cc2c(=O)n3ccccc3nc21. The molecule has 4 aromatic heterocycles. The number of rotatable bonds is 5. The second-order valence-electron chi connectivity index (χ2n) is 8.25. The number of carbonyl (C=O) groups is 2. The summed E-state index contributed by atoms with van der Waals surface area (Å²) in [5.74, 6) is -1.09. The number of nitrogens with one attached hydrogen (secondary N) is 2. The quantitative estimate of drug-likeness (QED) is 0.253. The van der Waals surface area contributed by atoms with Crippen LogP contribution in [0.5, 0.6) is 0 Å². The van der Waals surface area contributed by atoms with Gasteiger partial charge in [0, 0.05) is 17.6 Å². The predicted octanol–water partition coefficient (Wildman–Crippen LogP) is 3.29. The molecule has 0 saturated carbocycles. The number of fused-ring (bicyclic) bond motifs is 3. The normalized spacial score (nSPS) is 12.9. The Morgan fingerprint density at radius 2 is 2.11 bits per heavy atom. The zero-order valence-electron chi connectivity index (χ0n) is 19.1. The average Bonchev–Trinajstić information content (AvgIpc) is 3.23. The topological polar surface area (TPSA) is 119 Å². The van der Waals surface area contributed by atoms with Gasteiger partial charge in [-0.05, 0) is 49.4 Å². The van der Waals surface area contributed by atoms with Crippen LogP contribution in [0.4, 0.5) is 5.00 Å². The Morgan fingerprint density at radius 1 is 1.31 bits per heavy atom. The van der Waals surface area contributed by atoms with Gasteiger partial charge in [-0.3, -0.25) is 19.4 Å².